The highest BCUT2D eigenvalue weighted by atomic mass is 32.2. The Morgan fingerprint density at radius 1 is 1.28 bits per heavy atom. The zero-order valence-electron chi connectivity index (χ0n) is 14.3. The molecule has 12 heteroatoms. The summed E-state index contributed by atoms with van der Waals surface area (Å²) in [7, 11) is -4.90. The molecule has 2 heterocycles. The number of nitrogens with zero attached hydrogens (tertiary/aromatic N) is 4. The fourth-order valence-corrected chi connectivity index (χ4v) is 4.35. The molecule has 0 saturated carbocycles. The lowest BCUT2D eigenvalue weighted by molar-refractivity contribution is 0.260. The van der Waals surface area contributed by atoms with Gasteiger partial charge in [0.15, 0.2) is 5.96 Å². The number of aliphatic imine (C=N–C) groups is 1. The molecule has 0 amide bonds. The molecule has 25 heavy (non-hydrogen) atoms. The van der Waals surface area contributed by atoms with Crippen LogP contribution in [0.25, 0.3) is 0 Å². The molecular formula is C13H23N5O5S2. The van der Waals surface area contributed by atoms with E-state index >= 15 is 0 Å². The van der Waals surface area contributed by atoms with Crippen molar-refractivity contribution in [3.05, 3.63) is 18.0 Å². The minimum Gasteiger partial charge on any atom is -0.364 e. The Labute approximate surface area is 147 Å². The van der Waals surface area contributed by atoms with Crippen LogP contribution in [0.15, 0.2) is 21.8 Å². The highest BCUT2D eigenvalue weighted by Gasteiger charge is 2.28. The number of sulfonamides is 1. The van der Waals surface area contributed by atoms with E-state index in [1.807, 2.05) is 4.90 Å². The van der Waals surface area contributed by atoms with E-state index in [0.29, 0.717) is 37.8 Å². The molecule has 1 aliphatic heterocycles. The van der Waals surface area contributed by atoms with Crippen LogP contribution in [0.3, 0.4) is 0 Å². The largest absolute Gasteiger partial charge is 0.364 e. The second kappa shape index (κ2) is 8.15. The predicted octanol–water partition coefficient (Wildman–Crippen LogP) is -1.26. The van der Waals surface area contributed by atoms with Crippen molar-refractivity contribution in [3.63, 3.8) is 0 Å². The molecular weight excluding hydrogens is 370 g/mol. The summed E-state index contributed by atoms with van der Waals surface area (Å²) in [6.45, 7) is 1.85. The molecule has 1 aromatic rings. The van der Waals surface area contributed by atoms with Crippen molar-refractivity contribution in [2.75, 3.05) is 51.8 Å². The number of sulfone groups is 1. The highest BCUT2D eigenvalue weighted by Crippen LogP contribution is 2.12. The molecule has 0 aliphatic carbocycles. The number of rotatable bonds is 6. The maximum atomic E-state index is 12.4. The number of aromatic nitrogens is 1. The molecule has 1 aliphatic rings. The molecule has 0 bridgehead atoms. The zero-order chi connectivity index (χ0) is 18.5. The van der Waals surface area contributed by atoms with Crippen LogP contribution in [-0.4, -0.2) is 88.9 Å². The van der Waals surface area contributed by atoms with E-state index in [9.17, 15) is 16.8 Å². The summed E-state index contributed by atoms with van der Waals surface area (Å²) in [6.07, 6.45) is 2.52. The van der Waals surface area contributed by atoms with E-state index in [1.165, 1.54) is 22.9 Å². The quantitative estimate of drug-likeness (QED) is 0.469. The summed E-state index contributed by atoms with van der Waals surface area (Å²) in [5, 5.41) is 6.63. The first-order chi connectivity index (χ1) is 11.7. The summed E-state index contributed by atoms with van der Waals surface area (Å²) >= 11 is 0. The Balaban J connectivity index is 1.87. The standard InChI is InChI=1S/C13H23N5O5S2/c1-14-13(15-4-10-24(2,19)20)17-5-7-18(8-6-17)25(21,22)11-12-3-9-23-16-12/h3,9H,4-8,10-11H2,1-2H3,(H,14,15). The lowest BCUT2D eigenvalue weighted by atomic mass is 10.4. The van der Waals surface area contributed by atoms with Crippen molar-refractivity contribution in [2.45, 2.75) is 5.75 Å². The van der Waals surface area contributed by atoms with Gasteiger partial charge in [-0.15, -0.1) is 0 Å². The molecule has 142 valence electrons. The smallest absolute Gasteiger partial charge is 0.220 e. The summed E-state index contributed by atoms with van der Waals surface area (Å²) < 4.78 is 53.2. The number of piperazine rings is 1. The van der Waals surface area contributed by atoms with Crippen LogP contribution in [0.2, 0.25) is 0 Å². The molecule has 0 radical (unpaired) electrons. The van der Waals surface area contributed by atoms with Crippen molar-refractivity contribution in [3.8, 4) is 0 Å². The van der Waals surface area contributed by atoms with Gasteiger partial charge in [0.2, 0.25) is 10.0 Å². The first kappa shape index (κ1) is 19.7. The third kappa shape index (κ3) is 5.97. The maximum absolute atomic E-state index is 12.4. The van der Waals surface area contributed by atoms with Gasteiger partial charge in [-0.3, -0.25) is 4.99 Å². The lowest BCUT2D eigenvalue weighted by Gasteiger charge is -2.35. The van der Waals surface area contributed by atoms with Gasteiger partial charge in [0.05, 0.1) is 11.4 Å². The van der Waals surface area contributed by atoms with E-state index < -0.39 is 19.9 Å². The van der Waals surface area contributed by atoms with E-state index in [0.717, 1.165) is 0 Å². The van der Waals surface area contributed by atoms with Crippen molar-refractivity contribution >= 4 is 25.8 Å². The summed E-state index contributed by atoms with van der Waals surface area (Å²) in [5.74, 6) is 0.389. The number of nitrogens with one attached hydrogen (secondary N) is 1. The predicted molar refractivity (Wildman–Crippen MR) is 93.3 cm³/mol. The minimum absolute atomic E-state index is 0.0120. The van der Waals surface area contributed by atoms with Gasteiger partial charge in [-0.2, -0.15) is 4.31 Å². The van der Waals surface area contributed by atoms with Crippen molar-refractivity contribution in [1.29, 1.82) is 0 Å². The Hall–Kier alpha value is -1.66. The van der Waals surface area contributed by atoms with Gasteiger partial charge in [0, 0.05) is 52.1 Å². The monoisotopic (exact) mass is 393 g/mol. The van der Waals surface area contributed by atoms with Crippen LogP contribution < -0.4 is 5.32 Å². The Bertz CT molecular complexity index is 781. The molecule has 1 aromatic heterocycles. The zero-order valence-corrected chi connectivity index (χ0v) is 15.9. The molecule has 1 fully saturated rings. The average molecular weight is 393 g/mol. The van der Waals surface area contributed by atoms with Crippen molar-refractivity contribution < 1.29 is 21.4 Å². The first-order valence-electron chi connectivity index (χ1n) is 7.72. The minimum atomic E-state index is -3.45. The Morgan fingerprint density at radius 3 is 2.48 bits per heavy atom. The molecule has 10 nitrogen and oxygen atoms in total. The molecule has 0 atom stereocenters. The average Bonchev–Trinajstić information content (AvgIpc) is 3.03. The summed E-state index contributed by atoms with van der Waals surface area (Å²) in [4.78, 5) is 6.03. The third-order valence-corrected chi connectivity index (χ3v) is 6.48. The van der Waals surface area contributed by atoms with E-state index in [1.54, 1.807) is 7.05 Å². The van der Waals surface area contributed by atoms with Crippen LogP contribution >= 0.6 is 0 Å². The number of hydrogen-bond acceptors (Lipinski definition) is 7. The van der Waals surface area contributed by atoms with Crippen LogP contribution in [0.1, 0.15) is 5.69 Å². The lowest BCUT2D eigenvalue weighted by Crippen LogP contribution is -2.54. The second-order valence-corrected chi connectivity index (χ2v) is 9.97. The van der Waals surface area contributed by atoms with Gasteiger partial charge >= 0.3 is 0 Å². The summed E-state index contributed by atoms with van der Waals surface area (Å²) in [5.41, 5.74) is 0.376. The maximum Gasteiger partial charge on any atom is 0.220 e. The molecule has 1 saturated heterocycles. The van der Waals surface area contributed by atoms with Gasteiger partial charge in [-0.1, -0.05) is 5.16 Å². The van der Waals surface area contributed by atoms with Crippen molar-refractivity contribution in [2.24, 2.45) is 4.99 Å². The Morgan fingerprint density at radius 2 is 1.96 bits per heavy atom. The normalized spacial score (nSPS) is 17.7. The molecule has 2 rings (SSSR count). The number of guanidine groups is 1. The van der Waals surface area contributed by atoms with E-state index in [4.69, 9.17) is 0 Å². The van der Waals surface area contributed by atoms with Gasteiger partial charge in [-0.05, 0) is 0 Å². The van der Waals surface area contributed by atoms with Crippen LogP contribution in [-0.2, 0) is 25.6 Å². The molecule has 0 unspecified atom stereocenters. The summed E-state index contributed by atoms with van der Waals surface area (Å²) in [6, 6.07) is 1.53. The van der Waals surface area contributed by atoms with Crippen LogP contribution in [0, 0.1) is 0 Å². The topological polar surface area (TPSA) is 125 Å². The third-order valence-electron chi connectivity index (χ3n) is 3.72. The van der Waals surface area contributed by atoms with E-state index in [2.05, 4.69) is 20.0 Å². The first-order valence-corrected chi connectivity index (χ1v) is 11.4. The van der Waals surface area contributed by atoms with Gasteiger partial charge in [-0.25, -0.2) is 16.8 Å². The van der Waals surface area contributed by atoms with E-state index in [-0.39, 0.29) is 18.1 Å². The Kier molecular flexibility index (Phi) is 6.41. The van der Waals surface area contributed by atoms with Gasteiger partial charge in [0.1, 0.15) is 21.9 Å². The fourth-order valence-electron chi connectivity index (χ4n) is 2.45. The van der Waals surface area contributed by atoms with Crippen LogP contribution in [0.4, 0.5) is 0 Å². The van der Waals surface area contributed by atoms with Crippen LogP contribution in [0.5, 0.6) is 0 Å². The fraction of sp³-hybridized carbons (Fsp3) is 0.692. The van der Waals surface area contributed by atoms with Crippen molar-refractivity contribution in [1.82, 2.24) is 19.7 Å². The molecule has 0 spiro atoms. The molecule has 0 aromatic carbocycles. The molecule has 1 N–H and O–H groups in total. The van der Waals surface area contributed by atoms with Gasteiger partial charge in [0.25, 0.3) is 0 Å². The number of hydrogen-bond donors (Lipinski definition) is 1. The highest BCUT2D eigenvalue weighted by molar-refractivity contribution is 7.90. The SMILES string of the molecule is CN=C(NCCS(C)(=O)=O)N1CCN(S(=O)(=O)Cc2ccon2)CC1. The second-order valence-electron chi connectivity index (χ2n) is 5.74. The van der Waals surface area contributed by atoms with Gasteiger partial charge < -0.3 is 14.7 Å².